The summed E-state index contributed by atoms with van der Waals surface area (Å²) in [5.41, 5.74) is 3.25. The van der Waals surface area contributed by atoms with Crippen molar-refractivity contribution < 1.29 is 0 Å². The number of hydrogen-bond acceptors (Lipinski definition) is 3. The summed E-state index contributed by atoms with van der Waals surface area (Å²) in [7, 11) is 0. The molecule has 0 radical (unpaired) electrons. The van der Waals surface area contributed by atoms with Gasteiger partial charge in [-0.05, 0) is 18.2 Å². The van der Waals surface area contributed by atoms with Crippen LogP contribution in [0.1, 0.15) is 5.69 Å². The fraction of sp³-hybridized carbons (Fsp3) is 0.0833. The van der Waals surface area contributed by atoms with Crippen LogP contribution in [0.2, 0.25) is 0 Å². The zero-order valence-electron chi connectivity index (χ0n) is 9.29. The molecule has 88 valence electrons. The SMILES string of the molecule is Brc1ccc2c(c1)-n1cncc1Cn1cnnc1-2. The molecule has 0 saturated carbocycles. The highest BCUT2D eigenvalue weighted by atomic mass is 79.9. The molecular weight excluding hydrogens is 294 g/mol. The van der Waals surface area contributed by atoms with Crippen LogP contribution in [0, 0.1) is 0 Å². The molecule has 3 heterocycles. The van der Waals surface area contributed by atoms with Crippen molar-refractivity contribution in [1.29, 1.82) is 0 Å². The molecule has 0 atom stereocenters. The summed E-state index contributed by atoms with van der Waals surface area (Å²) < 4.78 is 5.16. The largest absolute Gasteiger partial charge is 0.307 e. The van der Waals surface area contributed by atoms with Gasteiger partial charge in [0.1, 0.15) is 6.33 Å². The second kappa shape index (κ2) is 3.52. The van der Waals surface area contributed by atoms with Gasteiger partial charge in [0.15, 0.2) is 5.82 Å². The number of nitrogens with zero attached hydrogens (tertiary/aromatic N) is 5. The fourth-order valence-corrected chi connectivity index (χ4v) is 2.65. The van der Waals surface area contributed by atoms with Gasteiger partial charge in [-0.3, -0.25) is 0 Å². The number of hydrogen-bond donors (Lipinski definition) is 0. The van der Waals surface area contributed by atoms with E-state index in [4.69, 9.17) is 0 Å². The summed E-state index contributed by atoms with van der Waals surface area (Å²) in [5, 5.41) is 8.21. The Hall–Kier alpha value is -1.95. The molecule has 1 aliphatic rings. The maximum atomic E-state index is 4.22. The number of fused-ring (bicyclic) bond motifs is 5. The van der Waals surface area contributed by atoms with Crippen molar-refractivity contribution >= 4 is 15.9 Å². The average Bonchev–Trinajstić information content (AvgIpc) is 2.97. The van der Waals surface area contributed by atoms with Crippen LogP contribution in [-0.2, 0) is 6.54 Å². The molecule has 0 spiro atoms. The van der Waals surface area contributed by atoms with Gasteiger partial charge in [0.25, 0.3) is 0 Å². The minimum atomic E-state index is 0.731. The van der Waals surface area contributed by atoms with Crippen LogP contribution in [0.5, 0.6) is 0 Å². The highest BCUT2D eigenvalue weighted by molar-refractivity contribution is 9.10. The van der Waals surface area contributed by atoms with E-state index >= 15 is 0 Å². The van der Waals surface area contributed by atoms with E-state index in [0.29, 0.717) is 0 Å². The van der Waals surface area contributed by atoms with Gasteiger partial charge >= 0.3 is 0 Å². The number of benzene rings is 1. The van der Waals surface area contributed by atoms with Crippen LogP contribution in [0.4, 0.5) is 0 Å². The van der Waals surface area contributed by atoms with Gasteiger partial charge < -0.3 is 9.13 Å². The molecule has 0 N–H and O–H groups in total. The van der Waals surface area contributed by atoms with Crippen molar-refractivity contribution in [2.75, 3.05) is 0 Å². The van der Waals surface area contributed by atoms with E-state index in [1.54, 1.807) is 6.33 Å². The highest BCUT2D eigenvalue weighted by Crippen LogP contribution is 2.31. The first-order valence-electron chi connectivity index (χ1n) is 5.52. The third kappa shape index (κ3) is 1.29. The number of rotatable bonds is 0. The molecule has 1 aromatic carbocycles. The van der Waals surface area contributed by atoms with E-state index in [1.807, 2.05) is 23.2 Å². The first kappa shape index (κ1) is 10.0. The lowest BCUT2D eigenvalue weighted by Gasteiger charge is -2.08. The molecule has 18 heavy (non-hydrogen) atoms. The predicted molar refractivity (Wildman–Crippen MR) is 69.4 cm³/mol. The second-order valence-electron chi connectivity index (χ2n) is 4.20. The van der Waals surface area contributed by atoms with Crippen LogP contribution in [0.25, 0.3) is 17.1 Å². The van der Waals surface area contributed by atoms with Gasteiger partial charge in [0, 0.05) is 10.0 Å². The van der Waals surface area contributed by atoms with Crippen LogP contribution < -0.4 is 0 Å². The Morgan fingerprint density at radius 1 is 1.22 bits per heavy atom. The Balaban J connectivity index is 2.13. The van der Waals surface area contributed by atoms with Crippen molar-refractivity contribution in [3.8, 4) is 17.1 Å². The first-order valence-corrected chi connectivity index (χ1v) is 6.31. The molecule has 0 amide bonds. The smallest absolute Gasteiger partial charge is 0.166 e. The molecule has 0 aliphatic carbocycles. The fourth-order valence-electron chi connectivity index (χ4n) is 2.30. The molecule has 0 saturated heterocycles. The van der Waals surface area contributed by atoms with Crippen molar-refractivity contribution in [1.82, 2.24) is 24.3 Å². The highest BCUT2D eigenvalue weighted by Gasteiger charge is 2.20. The number of aromatic nitrogens is 5. The van der Waals surface area contributed by atoms with Crippen LogP contribution in [-0.4, -0.2) is 24.3 Å². The summed E-state index contributed by atoms with van der Waals surface area (Å²) in [6.07, 6.45) is 5.46. The summed E-state index contributed by atoms with van der Waals surface area (Å²) in [6.45, 7) is 0.731. The zero-order valence-corrected chi connectivity index (χ0v) is 10.9. The Labute approximate surface area is 111 Å². The van der Waals surface area contributed by atoms with Gasteiger partial charge in [-0.2, -0.15) is 0 Å². The van der Waals surface area contributed by atoms with E-state index in [0.717, 1.165) is 33.8 Å². The molecule has 5 nitrogen and oxygen atoms in total. The Morgan fingerprint density at radius 2 is 2.17 bits per heavy atom. The van der Waals surface area contributed by atoms with E-state index in [-0.39, 0.29) is 0 Å². The van der Waals surface area contributed by atoms with E-state index in [1.165, 1.54) is 0 Å². The Kier molecular flexibility index (Phi) is 1.96. The number of imidazole rings is 1. The van der Waals surface area contributed by atoms with Crippen LogP contribution in [0.15, 0.2) is 41.5 Å². The van der Waals surface area contributed by atoms with E-state index in [9.17, 15) is 0 Å². The molecule has 6 heteroatoms. The zero-order chi connectivity index (χ0) is 12.1. The second-order valence-corrected chi connectivity index (χ2v) is 5.11. The minimum Gasteiger partial charge on any atom is -0.307 e. The minimum absolute atomic E-state index is 0.731. The van der Waals surface area contributed by atoms with Gasteiger partial charge in [0.2, 0.25) is 0 Å². The molecule has 1 aliphatic heterocycles. The maximum absolute atomic E-state index is 4.22. The van der Waals surface area contributed by atoms with Crippen LogP contribution >= 0.6 is 15.9 Å². The summed E-state index contributed by atoms with van der Waals surface area (Å²) in [5.74, 6) is 0.890. The Morgan fingerprint density at radius 3 is 3.11 bits per heavy atom. The van der Waals surface area contributed by atoms with Gasteiger partial charge in [-0.15, -0.1) is 10.2 Å². The van der Waals surface area contributed by atoms with Crippen molar-refractivity contribution in [2.45, 2.75) is 6.54 Å². The van der Waals surface area contributed by atoms with Crippen molar-refractivity contribution in [3.63, 3.8) is 0 Å². The monoisotopic (exact) mass is 301 g/mol. The lowest BCUT2D eigenvalue weighted by molar-refractivity contribution is 0.772. The van der Waals surface area contributed by atoms with E-state index < -0.39 is 0 Å². The standard InChI is InChI=1S/C12H8BrN5/c13-8-1-2-10-11(3-8)18-6-14-4-9(18)5-17-7-15-16-12(10)17/h1-4,6-7H,5H2. The quantitative estimate of drug-likeness (QED) is 0.500. The normalized spacial score (nSPS) is 12.5. The topological polar surface area (TPSA) is 48.5 Å². The Bertz CT molecular complexity index is 743. The first-order chi connectivity index (χ1) is 8.83. The number of halogens is 1. The lowest BCUT2D eigenvalue weighted by Crippen LogP contribution is -2.01. The molecule has 4 rings (SSSR count). The lowest BCUT2D eigenvalue weighted by atomic mass is 10.1. The average molecular weight is 302 g/mol. The maximum Gasteiger partial charge on any atom is 0.166 e. The summed E-state index contributed by atoms with van der Waals surface area (Å²) in [6, 6.07) is 6.14. The van der Waals surface area contributed by atoms with Crippen molar-refractivity contribution in [3.05, 3.63) is 47.2 Å². The molecule has 2 aromatic heterocycles. The molecular formula is C12H8BrN5. The van der Waals surface area contributed by atoms with E-state index in [2.05, 4.69) is 47.8 Å². The molecule has 0 fully saturated rings. The molecule has 3 aromatic rings. The van der Waals surface area contributed by atoms with Crippen LogP contribution in [0.3, 0.4) is 0 Å². The predicted octanol–water partition coefficient (Wildman–Crippen LogP) is 2.25. The molecule has 0 unspecified atom stereocenters. The van der Waals surface area contributed by atoms with Crippen molar-refractivity contribution in [2.24, 2.45) is 0 Å². The molecule has 0 bridgehead atoms. The van der Waals surface area contributed by atoms with Gasteiger partial charge in [-0.25, -0.2) is 4.98 Å². The van der Waals surface area contributed by atoms with Gasteiger partial charge in [-0.1, -0.05) is 15.9 Å². The third-order valence-electron chi connectivity index (χ3n) is 3.12. The summed E-state index contributed by atoms with van der Waals surface area (Å²) >= 11 is 3.51. The van der Waals surface area contributed by atoms with Gasteiger partial charge in [0.05, 0.1) is 30.5 Å². The third-order valence-corrected chi connectivity index (χ3v) is 3.62. The summed E-state index contributed by atoms with van der Waals surface area (Å²) in [4.78, 5) is 4.22.